The summed E-state index contributed by atoms with van der Waals surface area (Å²) < 4.78 is 23.3. The number of hydrogen-bond donors (Lipinski definition) is 0. The number of para-hydroxylation sites is 1. The van der Waals surface area contributed by atoms with Crippen LogP contribution in [0.3, 0.4) is 0 Å². The van der Waals surface area contributed by atoms with Gasteiger partial charge < -0.3 is 18.6 Å². The number of methoxy groups -OCH3 is 2. The molecule has 0 radical (unpaired) electrons. The summed E-state index contributed by atoms with van der Waals surface area (Å²) >= 11 is 0. The van der Waals surface area contributed by atoms with Gasteiger partial charge in [0.15, 0.2) is 11.5 Å². The lowest BCUT2D eigenvalue weighted by Gasteiger charge is -2.38. The third-order valence-corrected chi connectivity index (χ3v) is 5.40. The van der Waals surface area contributed by atoms with Crippen LogP contribution in [0.1, 0.15) is 41.3 Å². The minimum absolute atomic E-state index is 0.0328. The van der Waals surface area contributed by atoms with Crippen molar-refractivity contribution >= 4 is 5.71 Å². The molecule has 3 aromatic rings. The monoisotopic (exact) mass is 390 g/mol. The van der Waals surface area contributed by atoms with Crippen LogP contribution in [0.25, 0.3) is 0 Å². The summed E-state index contributed by atoms with van der Waals surface area (Å²) in [5, 5.41) is 6.93. The Morgan fingerprint density at radius 2 is 1.90 bits per heavy atom. The molecule has 29 heavy (non-hydrogen) atoms. The first kappa shape index (κ1) is 17.7. The van der Waals surface area contributed by atoms with E-state index in [1.807, 2.05) is 60.5 Å². The Balaban J connectivity index is 1.62. The van der Waals surface area contributed by atoms with E-state index in [0.717, 1.165) is 52.0 Å². The molecule has 2 aromatic carbocycles. The molecule has 0 unspecified atom stereocenters. The third-order valence-electron chi connectivity index (χ3n) is 5.40. The number of rotatable bonds is 4. The molecule has 6 nitrogen and oxygen atoms in total. The van der Waals surface area contributed by atoms with Crippen LogP contribution < -0.4 is 14.2 Å². The lowest BCUT2D eigenvalue weighted by Crippen LogP contribution is -2.33. The summed E-state index contributed by atoms with van der Waals surface area (Å²) in [4.78, 5) is 0. The van der Waals surface area contributed by atoms with Crippen LogP contribution >= 0.6 is 0 Å². The lowest BCUT2D eigenvalue weighted by molar-refractivity contribution is -0.0210. The smallest absolute Gasteiger partial charge is 0.214 e. The second-order valence-corrected chi connectivity index (χ2v) is 7.18. The van der Waals surface area contributed by atoms with Crippen LogP contribution in [0.5, 0.6) is 17.2 Å². The highest BCUT2D eigenvalue weighted by atomic mass is 16.5. The molecule has 148 valence electrons. The van der Waals surface area contributed by atoms with Crippen molar-refractivity contribution in [3.63, 3.8) is 0 Å². The number of fused-ring (bicyclic) bond motifs is 3. The van der Waals surface area contributed by atoms with Crippen LogP contribution in [0.15, 0.2) is 64.1 Å². The number of hydrogen-bond acceptors (Lipinski definition) is 6. The normalized spacial score (nSPS) is 19.8. The Labute approximate surface area is 169 Å². The average Bonchev–Trinajstić information content (AvgIpc) is 3.39. The fourth-order valence-corrected chi connectivity index (χ4v) is 4.00. The summed E-state index contributed by atoms with van der Waals surface area (Å²) in [5.74, 6) is 3.92. The van der Waals surface area contributed by atoms with Crippen LogP contribution in [-0.4, -0.2) is 24.9 Å². The van der Waals surface area contributed by atoms with Gasteiger partial charge in [-0.2, -0.15) is 5.10 Å². The predicted molar refractivity (Wildman–Crippen MR) is 109 cm³/mol. The van der Waals surface area contributed by atoms with Crippen molar-refractivity contribution in [3.05, 3.63) is 77.2 Å². The van der Waals surface area contributed by atoms with E-state index in [2.05, 4.69) is 6.07 Å². The maximum absolute atomic E-state index is 6.45. The Bertz CT molecular complexity index is 1090. The van der Waals surface area contributed by atoms with E-state index in [1.54, 1.807) is 14.2 Å². The first-order valence-corrected chi connectivity index (χ1v) is 9.58. The van der Waals surface area contributed by atoms with Crippen molar-refractivity contribution in [3.8, 4) is 17.2 Å². The fraction of sp³-hybridized carbons (Fsp3) is 0.261. The summed E-state index contributed by atoms with van der Waals surface area (Å²) in [6.07, 6.45) is 0.337. The largest absolute Gasteiger partial charge is 0.497 e. The number of furan rings is 1. The minimum atomic E-state index is -0.396. The second-order valence-electron chi connectivity index (χ2n) is 7.18. The van der Waals surface area contributed by atoms with Crippen LogP contribution in [0.2, 0.25) is 0 Å². The first-order valence-electron chi connectivity index (χ1n) is 9.58. The van der Waals surface area contributed by atoms with E-state index >= 15 is 0 Å². The molecule has 6 heteroatoms. The molecule has 0 aliphatic carbocycles. The van der Waals surface area contributed by atoms with Gasteiger partial charge in [-0.05, 0) is 37.3 Å². The van der Waals surface area contributed by atoms with Gasteiger partial charge in [-0.3, -0.25) is 0 Å². The predicted octanol–water partition coefficient (Wildman–Crippen LogP) is 4.85. The number of aryl methyl sites for hydroxylation is 1. The van der Waals surface area contributed by atoms with Gasteiger partial charge in [-0.15, -0.1) is 0 Å². The summed E-state index contributed by atoms with van der Waals surface area (Å²) in [5.41, 5.74) is 2.94. The van der Waals surface area contributed by atoms with Gasteiger partial charge in [-0.1, -0.05) is 24.3 Å². The van der Waals surface area contributed by atoms with E-state index in [4.69, 9.17) is 23.7 Å². The SMILES string of the molecule is COc1cccc([C@@H]2Oc3c(OC)cccc3[C@@H]3CC(c4ccc(C)o4)=NN32)c1. The highest BCUT2D eigenvalue weighted by Gasteiger charge is 2.42. The molecule has 2 aliphatic rings. The molecule has 2 atom stereocenters. The Kier molecular flexibility index (Phi) is 4.19. The Morgan fingerprint density at radius 1 is 1.03 bits per heavy atom. The van der Waals surface area contributed by atoms with Crippen molar-refractivity contribution in [1.29, 1.82) is 0 Å². The molecule has 3 heterocycles. The molecule has 5 rings (SSSR count). The van der Waals surface area contributed by atoms with Crippen molar-refractivity contribution in [2.24, 2.45) is 5.10 Å². The lowest BCUT2D eigenvalue weighted by atomic mass is 9.97. The molecule has 0 spiro atoms. The van der Waals surface area contributed by atoms with Gasteiger partial charge in [0.1, 0.15) is 23.0 Å². The van der Waals surface area contributed by atoms with Crippen molar-refractivity contribution in [2.45, 2.75) is 25.6 Å². The number of ether oxygens (including phenoxy) is 3. The fourth-order valence-electron chi connectivity index (χ4n) is 4.00. The summed E-state index contributed by atoms with van der Waals surface area (Å²) in [7, 11) is 3.32. The molecule has 0 saturated heterocycles. The first-order chi connectivity index (χ1) is 14.2. The van der Waals surface area contributed by atoms with E-state index in [0.29, 0.717) is 0 Å². The molecule has 0 N–H and O–H groups in total. The van der Waals surface area contributed by atoms with E-state index in [1.165, 1.54) is 0 Å². The molecule has 1 aromatic heterocycles. The average molecular weight is 390 g/mol. The van der Waals surface area contributed by atoms with Crippen LogP contribution in [0, 0.1) is 6.92 Å². The van der Waals surface area contributed by atoms with Crippen molar-refractivity contribution < 1.29 is 18.6 Å². The van der Waals surface area contributed by atoms with Gasteiger partial charge in [-0.25, -0.2) is 5.01 Å². The maximum atomic E-state index is 6.45. The van der Waals surface area contributed by atoms with Gasteiger partial charge >= 0.3 is 0 Å². The molecule has 0 saturated carbocycles. The molecular formula is C23H22N2O4. The minimum Gasteiger partial charge on any atom is -0.497 e. The Morgan fingerprint density at radius 3 is 2.66 bits per heavy atom. The number of nitrogens with zero attached hydrogens (tertiary/aromatic N) is 2. The van der Waals surface area contributed by atoms with Gasteiger partial charge in [0, 0.05) is 17.5 Å². The van der Waals surface area contributed by atoms with Gasteiger partial charge in [0.25, 0.3) is 0 Å². The highest BCUT2D eigenvalue weighted by Crippen LogP contribution is 2.50. The standard InChI is InChI=1S/C23H22N2O4/c1-14-10-11-20(28-14)18-13-19-17-8-5-9-21(27-3)22(17)29-23(25(19)24-18)15-6-4-7-16(12-15)26-2/h4-12,19,23H,13H2,1-3H3/t19-,23-/m0/s1. The van der Waals surface area contributed by atoms with E-state index < -0.39 is 6.23 Å². The van der Waals surface area contributed by atoms with Crippen molar-refractivity contribution in [1.82, 2.24) is 5.01 Å². The van der Waals surface area contributed by atoms with E-state index in [9.17, 15) is 0 Å². The Hall–Kier alpha value is -3.41. The third kappa shape index (κ3) is 2.92. The molecular weight excluding hydrogens is 368 g/mol. The zero-order valence-electron chi connectivity index (χ0n) is 16.6. The molecule has 0 fully saturated rings. The van der Waals surface area contributed by atoms with Crippen LogP contribution in [-0.2, 0) is 0 Å². The van der Waals surface area contributed by atoms with Gasteiger partial charge in [0.2, 0.25) is 6.23 Å². The zero-order valence-corrected chi connectivity index (χ0v) is 16.6. The number of benzene rings is 2. The topological polar surface area (TPSA) is 56.4 Å². The molecule has 0 amide bonds. The maximum Gasteiger partial charge on any atom is 0.214 e. The number of hydrazone groups is 1. The highest BCUT2D eigenvalue weighted by molar-refractivity contribution is 5.99. The summed E-state index contributed by atoms with van der Waals surface area (Å²) in [6.45, 7) is 1.94. The quantitative estimate of drug-likeness (QED) is 0.638. The van der Waals surface area contributed by atoms with Gasteiger partial charge in [0.05, 0.1) is 20.3 Å². The molecule has 2 aliphatic heterocycles. The molecule has 0 bridgehead atoms. The zero-order chi connectivity index (χ0) is 20.0. The summed E-state index contributed by atoms with van der Waals surface area (Å²) in [6, 6.07) is 17.8. The second kappa shape index (κ2) is 6.88. The van der Waals surface area contributed by atoms with E-state index in [-0.39, 0.29) is 6.04 Å². The van der Waals surface area contributed by atoms with Crippen LogP contribution in [0.4, 0.5) is 0 Å². The van der Waals surface area contributed by atoms with Crippen molar-refractivity contribution in [2.75, 3.05) is 14.2 Å².